The van der Waals surface area contributed by atoms with Crippen LogP contribution in [-0.4, -0.2) is 220 Å². The molecule has 2 N–H and O–H groups in total. The van der Waals surface area contributed by atoms with Gasteiger partial charge in [0.2, 0.25) is 6.41 Å². The summed E-state index contributed by atoms with van der Waals surface area (Å²) in [6.45, 7) is 17.0. The third-order valence-electron chi connectivity index (χ3n) is 12.3. The molecule has 5 rings (SSSR count). The molecule has 3 aromatic rings. The van der Waals surface area contributed by atoms with Crippen LogP contribution in [-0.2, 0) is 85.9 Å². The third-order valence-corrected chi connectivity index (χ3v) is 13.7. The Hall–Kier alpha value is -3.30. The number of hydrogen-bond acceptors (Lipinski definition) is 19. The molecule has 1 aromatic carbocycles. The maximum Gasteiger partial charge on any atom is 0.250 e. The fourth-order valence-corrected chi connectivity index (χ4v) is 9.40. The molecule has 3 heterocycles. The Kier molecular flexibility index (Phi) is 32.5. The first-order valence-electron chi connectivity index (χ1n) is 26.1. The van der Waals surface area contributed by atoms with Gasteiger partial charge < -0.3 is 67.5 Å². The van der Waals surface area contributed by atoms with Gasteiger partial charge in [-0.2, -0.15) is 0 Å². The number of aryl methyl sites for hydroxylation is 2. The Labute approximate surface area is 446 Å². The number of morpholine rings is 1. The summed E-state index contributed by atoms with van der Waals surface area (Å²) in [5.41, 5.74) is 3.01. The van der Waals surface area contributed by atoms with Crippen LogP contribution in [0.25, 0.3) is 0 Å². The maximum absolute atomic E-state index is 13.5. The smallest absolute Gasteiger partial charge is 0.250 e. The monoisotopic (exact) mass is 1080 g/mol. The summed E-state index contributed by atoms with van der Waals surface area (Å²) in [4.78, 5) is 32.3. The van der Waals surface area contributed by atoms with Crippen molar-refractivity contribution in [2.24, 2.45) is 0 Å². The van der Waals surface area contributed by atoms with Crippen LogP contribution in [0.1, 0.15) is 58.4 Å². The number of nitrogens with zero attached hydrogens (tertiary/aromatic N) is 5. The molecule has 74 heavy (non-hydrogen) atoms. The quantitative estimate of drug-likeness (QED) is 0.0611. The summed E-state index contributed by atoms with van der Waals surface area (Å²) >= 11 is 8.03. The van der Waals surface area contributed by atoms with Crippen LogP contribution in [0.3, 0.4) is 0 Å². The SMILES string of the molecule is Cc1nc(C2CCC(N3CC(C(=O)NCc4cn(CCOCCOCCOCCOCCOCCOCCOCCOCCOCCOCCOCCNC=O)nn4)OCC3Cc3ccc(Cl)cc3)CC2)sc1C. The Morgan fingerprint density at radius 2 is 1.19 bits per heavy atom. The van der Waals surface area contributed by atoms with Crippen molar-refractivity contribution >= 4 is 35.3 Å². The van der Waals surface area contributed by atoms with E-state index in [1.54, 1.807) is 4.68 Å². The molecular weight excluding hydrogens is 1000 g/mol. The second kappa shape index (κ2) is 39.1. The van der Waals surface area contributed by atoms with E-state index in [1.165, 1.54) is 15.4 Å². The fraction of sp³-hybridized carbons (Fsp3) is 0.745. The van der Waals surface area contributed by atoms with Gasteiger partial charge in [0.05, 0.1) is 182 Å². The van der Waals surface area contributed by atoms with E-state index in [0.717, 1.165) is 42.8 Å². The molecule has 2 atom stereocenters. The lowest BCUT2D eigenvalue weighted by atomic mass is 9.84. The zero-order valence-electron chi connectivity index (χ0n) is 43.6. The third kappa shape index (κ3) is 26.2. The lowest BCUT2D eigenvalue weighted by molar-refractivity contribution is -0.145. The van der Waals surface area contributed by atoms with Crippen molar-refractivity contribution in [3.05, 3.63) is 62.3 Å². The molecule has 1 aliphatic heterocycles. The van der Waals surface area contributed by atoms with Gasteiger partial charge in [-0.3, -0.25) is 14.5 Å². The number of ether oxygens (including phenoxy) is 12. The molecule has 2 amide bonds. The number of rotatable bonds is 44. The predicted octanol–water partition coefficient (Wildman–Crippen LogP) is 3.59. The van der Waals surface area contributed by atoms with Gasteiger partial charge >= 0.3 is 0 Å². The van der Waals surface area contributed by atoms with E-state index in [9.17, 15) is 9.59 Å². The highest BCUT2D eigenvalue weighted by Gasteiger charge is 2.38. The Morgan fingerprint density at radius 3 is 1.66 bits per heavy atom. The molecule has 2 unspecified atom stereocenters. The standard InChI is InChI=1S/C51H82ClN7O14S/c1-41-42(2)74-51(55-41)44-5-9-47(10-6-44)59-38-49(73-39-48(59)35-43-3-7-45(52)8-4-43)50(61)54-36-46-37-58(57-56-46)12-14-63-16-18-65-20-22-67-24-26-69-28-30-71-32-34-72-33-31-70-29-27-68-25-23-66-21-19-64-17-15-62-13-11-53-40-60/h3-4,7-8,37,40,44,47-49H,5-6,9-36,38-39H2,1-2H3,(H,53,60)(H,54,61). The Bertz CT molecular complexity index is 1880. The minimum absolute atomic E-state index is 0.141. The first-order valence-corrected chi connectivity index (χ1v) is 27.3. The summed E-state index contributed by atoms with van der Waals surface area (Å²) in [5, 5.41) is 16.0. The first-order chi connectivity index (χ1) is 36.4. The topological polar surface area (TPSA) is 216 Å². The molecule has 1 saturated heterocycles. The van der Waals surface area contributed by atoms with E-state index in [4.69, 9.17) is 73.4 Å². The predicted molar refractivity (Wildman–Crippen MR) is 277 cm³/mol. The minimum atomic E-state index is -0.573. The Morgan fingerprint density at radius 1 is 0.703 bits per heavy atom. The van der Waals surface area contributed by atoms with Gasteiger partial charge in [-0.25, -0.2) is 9.67 Å². The zero-order valence-corrected chi connectivity index (χ0v) is 45.2. The Balaban J connectivity index is 0.773. The lowest BCUT2D eigenvalue weighted by Gasteiger charge is -2.45. The van der Waals surface area contributed by atoms with Gasteiger partial charge in [-0.1, -0.05) is 28.9 Å². The van der Waals surface area contributed by atoms with Crippen LogP contribution in [0, 0.1) is 13.8 Å². The van der Waals surface area contributed by atoms with Crippen molar-refractivity contribution in [2.75, 3.05) is 165 Å². The molecule has 0 radical (unpaired) electrons. The number of halogens is 1. The number of nitrogens with one attached hydrogen (secondary N) is 2. The highest BCUT2D eigenvalue weighted by Crippen LogP contribution is 2.38. The van der Waals surface area contributed by atoms with E-state index >= 15 is 0 Å². The van der Waals surface area contributed by atoms with Gasteiger partial charge in [0, 0.05) is 41.0 Å². The minimum Gasteiger partial charge on any atom is -0.377 e. The maximum atomic E-state index is 13.5. The molecule has 0 bridgehead atoms. The number of carbonyl (C=O) groups is 2. The van der Waals surface area contributed by atoms with Crippen molar-refractivity contribution in [2.45, 2.75) is 83.1 Å². The summed E-state index contributed by atoms with van der Waals surface area (Å²) in [6.07, 6.45) is 7.05. The second-order valence-electron chi connectivity index (χ2n) is 17.7. The summed E-state index contributed by atoms with van der Waals surface area (Å²) in [7, 11) is 0. The van der Waals surface area contributed by atoms with Crippen LogP contribution < -0.4 is 10.6 Å². The molecule has 2 aromatic heterocycles. The molecule has 0 spiro atoms. The highest BCUT2D eigenvalue weighted by atomic mass is 35.5. The van der Waals surface area contributed by atoms with E-state index in [0.29, 0.717) is 196 Å². The average Bonchev–Trinajstić information content (AvgIpc) is 4.02. The molecular formula is C51H82ClN7O14S. The number of carbonyl (C=O) groups excluding carboxylic acids is 2. The fourth-order valence-electron chi connectivity index (χ4n) is 8.19. The van der Waals surface area contributed by atoms with Crippen LogP contribution in [0.15, 0.2) is 30.5 Å². The van der Waals surface area contributed by atoms with Crippen molar-refractivity contribution in [1.82, 2.24) is 35.5 Å². The molecule has 2 fully saturated rings. The van der Waals surface area contributed by atoms with Gasteiger partial charge in [0.1, 0.15) is 11.8 Å². The summed E-state index contributed by atoms with van der Waals surface area (Å²) < 4.78 is 68.6. The molecule has 418 valence electrons. The second-order valence-corrected chi connectivity index (χ2v) is 19.4. The van der Waals surface area contributed by atoms with Gasteiger partial charge in [0.15, 0.2) is 0 Å². The van der Waals surface area contributed by atoms with E-state index in [1.807, 2.05) is 29.7 Å². The van der Waals surface area contributed by atoms with Crippen LogP contribution in [0.5, 0.6) is 0 Å². The first kappa shape index (κ1) is 61.6. The highest BCUT2D eigenvalue weighted by molar-refractivity contribution is 7.11. The number of thiazole rings is 1. The van der Waals surface area contributed by atoms with Crippen molar-refractivity contribution < 1.29 is 66.4 Å². The van der Waals surface area contributed by atoms with Gasteiger partial charge in [-0.05, 0) is 63.6 Å². The number of hydrogen-bond donors (Lipinski definition) is 2. The van der Waals surface area contributed by atoms with E-state index in [-0.39, 0.29) is 18.5 Å². The number of amides is 2. The number of benzene rings is 1. The molecule has 1 saturated carbocycles. The molecule has 2 aliphatic rings. The van der Waals surface area contributed by atoms with Gasteiger partial charge in [-0.15, -0.1) is 16.4 Å². The van der Waals surface area contributed by atoms with E-state index in [2.05, 4.69) is 51.8 Å². The summed E-state index contributed by atoms with van der Waals surface area (Å²) in [6, 6.07) is 8.57. The molecule has 1 aliphatic carbocycles. The zero-order chi connectivity index (χ0) is 52.1. The summed E-state index contributed by atoms with van der Waals surface area (Å²) in [5.74, 6) is 0.356. The van der Waals surface area contributed by atoms with E-state index < -0.39 is 6.10 Å². The average molecular weight is 1080 g/mol. The molecule has 23 heteroatoms. The van der Waals surface area contributed by atoms with Crippen LogP contribution in [0.2, 0.25) is 5.02 Å². The van der Waals surface area contributed by atoms with Crippen LogP contribution in [0.4, 0.5) is 0 Å². The van der Waals surface area contributed by atoms with Crippen molar-refractivity contribution in [3.8, 4) is 0 Å². The van der Waals surface area contributed by atoms with Crippen molar-refractivity contribution in [3.63, 3.8) is 0 Å². The largest absolute Gasteiger partial charge is 0.377 e. The lowest BCUT2D eigenvalue weighted by Crippen LogP contribution is -2.58. The molecule has 21 nitrogen and oxygen atoms in total. The van der Waals surface area contributed by atoms with Crippen LogP contribution >= 0.6 is 22.9 Å². The van der Waals surface area contributed by atoms with Gasteiger partial charge in [0.25, 0.3) is 5.91 Å². The number of aromatic nitrogens is 4. The van der Waals surface area contributed by atoms with Crippen molar-refractivity contribution in [1.29, 1.82) is 0 Å². The normalized spacial score (nSPS) is 18.3.